The second-order valence-corrected chi connectivity index (χ2v) is 7.16. The van der Waals surface area contributed by atoms with Gasteiger partial charge < -0.3 is 10.0 Å². The van der Waals surface area contributed by atoms with Crippen LogP contribution < -0.4 is 0 Å². The molecule has 3 rings (SSSR count). The Morgan fingerprint density at radius 1 is 1.15 bits per heavy atom. The van der Waals surface area contributed by atoms with Crippen LogP contribution in [0.2, 0.25) is 0 Å². The third-order valence-electron chi connectivity index (χ3n) is 6.03. The minimum atomic E-state index is -0.592. The molecule has 1 N–H and O–H groups in total. The topological polar surface area (TPSA) is 43.8 Å². The van der Waals surface area contributed by atoms with Gasteiger partial charge in [0.15, 0.2) is 0 Å². The molecule has 1 aliphatic carbocycles. The normalized spacial score (nSPS) is 43.4. The first-order valence-electron chi connectivity index (χ1n) is 8.28. The van der Waals surface area contributed by atoms with Gasteiger partial charge in [-0.25, -0.2) is 0 Å². The molecule has 2 aliphatic heterocycles. The average molecular weight is 280 g/mol. The van der Waals surface area contributed by atoms with E-state index in [1.54, 1.807) is 0 Å². The lowest BCUT2D eigenvalue weighted by Crippen LogP contribution is -2.54. The van der Waals surface area contributed by atoms with Crippen LogP contribution in [0.4, 0.5) is 0 Å². The fourth-order valence-electron chi connectivity index (χ4n) is 4.78. The Morgan fingerprint density at radius 2 is 1.90 bits per heavy atom. The van der Waals surface area contributed by atoms with Gasteiger partial charge in [0, 0.05) is 18.1 Å². The zero-order valence-electron chi connectivity index (χ0n) is 12.8. The van der Waals surface area contributed by atoms with Crippen molar-refractivity contribution < 1.29 is 9.90 Å². The number of nitrogens with zero attached hydrogens (tertiary/aromatic N) is 2. The summed E-state index contributed by atoms with van der Waals surface area (Å²) in [5.74, 6) is 0.0470. The lowest BCUT2D eigenvalue weighted by Gasteiger charge is -2.44. The molecule has 4 nitrogen and oxygen atoms in total. The number of rotatable bonds is 2. The smallest absolute Gasteiger partial charge is 0.320 e. The quantitative estimate of drug-likeness (QED) is 0.842. The van der Waals surface area contributed by atoms with Crippen LogP contribution in [0.15, 0.2) is 0 Å². The maximum atomic E-state index is 11.7. The molecule has 20 heavy (non-hydrogen) atoms. The molecule has 114 valence electrons. The van der Waals surface area contributed by atoms with E-state index in [0.717, 1.165) is 25.8 Å². The standard InChI is InChI=1S/C16H28N2O2/c1-11-9-13(7-8-17(11)2)18-14-6-4-3-5-12(14)10-15(18)16(19)20/h11-15H,3-10H2,1-2H3,(H,19,20). The van der Waals surface area contributed by atoms with Crippen LogP contribution in [0.25, 0.3) is 0 Å². The summed E-state index contributed by atoms with van der Waals surface area (Å²) in [4.78, 5) is 16.5. The summed E-state index contributed by atoms with van der Waals surface area (Å²) in [5.41, 5.74) is 0. The van der Waals surface area contributed by atoms with Crippen molar-refractivity contribution in [1.82, 2.24) is 9.80 Å². The average Bonchev–Trinajstić information content (AvgIpc) is 2.81. The van der Waals surface area contributed by atoms with Gasteiger partial charge in [-0.15, -0.1) is 0 Å². The predicted molar refractivity (Wildman–Crippen MR) is 78.7 cm³/mol. The molecule has 3 fully saturated rings. The predicted octanol–water partition coefficient (Wildman–Crippen LogP) is 2.19. The summed E-state index contributed by atoms with van der Waals surface area (Å²) < 4.78 is 0. The Morgan fingerprint density at radius 3 is 2.60 bits per heavy atom. The highest BCUT2D eigenvalue weighted by molar-refractivity contribution is 5.74. The summed E-state index contributed by atoms with van der Waals surface area (Å²) >= 11 is 0. The summed E-state index contributed by atoms with van der Waals surface area (Å²) in [6.07, 6.45) is 8.19. The van der Waals surface area contributed by atoms with Crippen molar-refractivity contribution >= 4 is 5.97 Å². The van der Waals surface area contributed by atoms with Gasteiger partial charge in [0.1, 0.15) is 6.04 Å². The number of fused-ring (bicyclic) bond motifs is 1. The SMILES string of the molecule is CC1CC(N2C(C(=O)O)CC3CCCCC32)CCN1C. The van der Waals surface area contributed by atoms with Crippen molar-refractivity contribution in [1.29, 1.82) is 0 Å². The first kappa shape index (κ1) is 14.3. The highest BCUT2D eigenvalue weighted by Crippen LogP contribution is 2.42. The van der Waals surface area contributed by atoms with Crippen LogP contribution in [-0.2, 0) is 4.79 Å². The van der Waals surface area contributed by atoms with Crippen molar-refractivity contribution in [3.63, 3.8) is 0 Å². The van der Waals surface area contributed by atoms with E-state index in [9.17, 15) is 9.90 Å². The molecule has 0 radical (unpaired) electrons. The minimum Gasteiger partial charge on any atom is -0.480 e. The molecular weight excluding hydrogens is 252 g/mol. The number of aliphatic carboxylic acids is 1. The van der Waals surface area contributed by atoms with E-state index in [-0.39, 0.29) is 6.04 Å². The van der Waals surface area contributed by atoms with Gasteiger partial charge >= 0.3 is 5.97 Å². The second kappa shape index (κ2) is 5.64. The van der Waals surface area contributed by atoms with Crippen LogP contribution in [-0.4, -0.2) is 58.6 Å². The molecule has 0 aromatic rings. The maximum Gasteiger partial charge on any atom is 0.320 e. The number of carbonyl (C=O) groups is 1. The first-order valence-corrected chi connectivity index (χ1v) is 8.28. The summed E-state index contributed by atoms with van der Waals surface area (Å²) in [6, 6.07) is 1.38. The Hall–Kier alpha value is -0.610. The fourth-order valence-corrected chi connectivity index (χ4v) is 4.78. The van der Waals surface area contributed by atoms with Crippen LogP contribution in [0.5, 0.6) is 0 Å². The Labute approximate surface area is 122 Å². The molecule has 4 heteroatoms. The summed E-state index contributed by atoms with van der Waals surface area (Å²) in [5, 5.41) is 9.63. The molecule has 0 aromatic heterocycles. The van der Waals surface area contributed by atoms with E-state index >= 15 is 0 Å². The maximum absolute atomic E-state index is 11.7. The number of carboxylic acid groups (broad SMARTS) is 1. The zero-order valence-corrected chi connectivity index (χ0v) is 12.8. The van der Waals surface area contributed by atoms with Gasteiger partial charge in [-0.2, -0.15) is 0 Å². The molecule has 0 aromatic carbocycles. The monoisotopic (exact) mass is 280 g/mol. The molecule has 5 unspecified atom stereocenters. The molecule has 3 aliphatic rings. The Kier molecular flexibility index (Phi) is 4.04. The molecule has 2 heterocycles. The third kappa shape index (κ3) is 2.48. The first-order chi connectivity index (χ1) is 9.58. The van der Waals surface area contributed by atoms with Gasteiger partial charge in [0.25, 0.3) is 0 Å². The van der Waals surface area contributed by atoms with Gasteiger partial charge in [-0.1, -0.05) is 12.8 Å². The fraction of sp³-hybridized carbons (Fsp3) is 0.938. The van der Waals surface area contributed by atoms with Crippen molar-refractivity contribution in [3.8, 4) is 0 Å². The Bertz CT molecular complexity index is 373. The molecule has 2 saturated heterocycles. The molecule has 0 bridgehead atoms. The molecule has 0 amide bonds. The minimum absolute atomic E-state index is 0.219. The molecule has 1 saturated carbocycles. The van der Waals surface area contributed by atoms with Crippen LogP contribution in [0.3, 0.4) is 0 Å². The van der Waals surface area contributed by atoms with Gasteiger partial charge in [-0.05, 0) is 58.5 Å². The largest absolute Gasteiger partial charge is 0.480 e. The molecule has 5 atom stereocenters. The van der Waals surface area contributed by atoms with Gasteiger partial charge in [0.2, 0.25) is 0 Å². The highest BCUT2D eigenvalue weighted by Gasteiger charge is 2.48. The number of carboxylic acids is 1. The number of likely N-dealkylation sites (tertiary alicyclic amines) is 2. The van der Waals surface area contributed by atoms with E-state index in [0.29, 0.717) is 24.0 Å². The van der Waals surface area contributed by atoms with Crippen molar-refractivity contribution in [2.45, 2.75) is 76.0 Å². The molecular formula is C16H28N2O2. The van der Waals surface area contributed by atoms with E-state index < -0.39 is 5.97 Å². The van der Waals surface area contributed by atoms with Crippen LogP contribution in [0.1, 0.15) is 51.9 Å². The molecule has 0 spiro atoms. The number of piperidine rings is 1. The van der Waals surface area contributed by atoms with Crippen molar-refractivity contribution in [3.05, 3.63) is 0 Å². The van der Waals surface area contributed by atoms with E-state index in [4.69, 9.17) is 0 Å². The summed E-state index contributed by atoms with van der Waals surface area (Å²) in [7, 11) is 2.18. The van der Waals surface area contributed by atoms with Crippen LogP contribution in [0, 0.1) is 5.92 Å². The zero-order chi connectivity index (χ0) is 14.3. The highest BCUT2D eigenvalue weighted by atomic mass is 16.4. The summed E-state index contributed by atoms with van der Waals surface area (Å²) in [6.45, 7) is 3.38. The van der Waals surface area contributed by atoms with Crippen molar-refractivity contribution in [2.24, 2.45) is 5.92 Å². The van der Waals surface area contributed by atoms with Crippen LogP contribution >= 0.6 is 0 Å². The van der Waals surface area contributed by atoms with E-state index in [2.05, 4.69) is 23.8 Å². The number of hydrogen-bond acceptors (Lipinski definition) is 3. The third-order valence-corrected chi connectivity index (χ3v) is 6.03. The lowest BCUT2D eigenvalue weighted by atomic mass is 9.84. The van der Waals surface area contributed by atoms with Gasteiger partial charge in [0.05, 0.1) is 0 Å². The lowest BCUT2D eigenvalue weighted by molar-refractivity contribution is -0.144. The number of hydrogen-bond donors (Lipinski definition) is 1. The second-order valence-electron chi connectivity index (χ2n) is 7.16. The van der Waals surface area contributed by atoms with E-state index in [1.165, 1.54) is 25.7 Å². The Balaban J connectivity index is 1.78. The van der Waals surface area contributed by atoms with E-state index in [1.807, 2.05) is 0 Å². The van der Waals surface area contributed by atoms with Crippen molar-refractivity contribution in [2.75, 3.05) is 13.6 Å². The van der Waals surface area contributed by atoms with Gasteiger partial charge in [-0.3, -0.25) is 9.69 Å².